The van der Waals surface area contributed by atoms with Crippen LogP contribution in [0.5, 0.6) is 0 Å². The Morgan fingerprint density at radius 2 is 1.93 bits per heavy atom. The van der Waals surface area contributed by atoms with Gasteiger partial charge in [0.2, 0.25) is 0 Å². The number of aromatic nitrogens is 2. The summed E-state index contributed by atoms with van der Waals surface area (Å²) >= 11 is 0. The van der Waals surface area contributed by atoms with Crippen molar-refractivity contribution >= 4 is 5.96 Å². The first-order valence-electron chi connectivity index (χ1n) is 10.8. The highest BCUT2D eigenvalue weighted by Crippen LogP contribution is 2.14. The van der Waals surface area contributed by atoms with Gasteiger partial charge < -0.3 is 10.6 Å². The standard InChI is InChI=1S/C23H36N6/c1-18(16-29-20(3)14-19(2)27-29)15-25-23(24-4)26-22-10-12-28(13-11-22)17-21-8-6-5-7-9-21/h5-9,14,18,22H,10-13,15-17H2,1-4H3,(H2,24,25,26). The molecule has 3 rings (SSSR count). The number of aryl methyl sites for hydroxylation is 2. The molecule has 6 heteroatoms. The van der Waals surface area contributed by atoms with Crippen LogP contribution in [0.25, 0.3) is 0 Å². The van der Waals surface area contributed by atoms with E-state index in [1.165, 1.54) is 11.3 Å². The van der Waals surface area contributed by atoms with Crippen molar-refractivity contribution in [3.63, 3.8) is 0 Å². The fourth-order valence-corrected chi connectivity index (χ4v) is 3.96. The van der Waals surface area contributed by atoms with Gasteiger partial charge in [0, 0.05) is 51.5 Å². The predicted molar refractivity (Wildman–Crippen MR) is 120 cm³/mol. The van der Waals surface area contributed by atoms with Gasteiger partial charge in [0.1, 0.15) is 0 Å². The summed E-state index contributed by atoms with van der Waals surface area (Å²) in [5.74, 6) is 1.38. The van der Waals surface area contributed by atoms with E-state index in [2.05, 4.69) is 80.6 Å². The van der Waals surface area contributed by atoms with Gasteiger partial charge >= 0.3 is 0 Å². The zero-order chi connectivity index (χ0) is 20.6. The minimum atomic E-state index is 0.472. The second-order valence-electron chi connectivity index (χ2n) is 8.35. The normalized spacial score (nSPS) is 17.3. The van der Waals surface area contributed by atoms with Crippen LogP contribution in [0.1, 0.15) is 36.7 Å². The van der Waals surface area contributed by atoms with Gasteiger partial charge in [-0.1, -0.05) is 37.3 Å². The Kier molecular flexibility index (Phi) is 7.69. The van der Waals surface area contributed by atoms with E-state index in [9.17, 15) is 0 Å². The quantitative estimate of drug-likeness (QED) is 0.558. The van der Waals surface area contributed by atoms with Gasteiger partial charge in [0.15, 0.2) is 5.96 Å². The van der Waals surface area contributed by atoms with E-state index in [1.54, 1.807) is 0 Å². The van der Waals surface area contributed by atoms with Gasteiger partial charge in [-0.15, -0.1) is 0 Å². The Hall–Kier alpha value is -2.34. The summed E-state index contributed by atoms with van der Waals surface area (Å²) in [5.41, 5.74) is 3.70. The zero-order valence-electron chi connectivity index (χ0n) is 18.4. The molecule has 0 bridgehead atoms. The lowest BCUT2D eigenvalue weighted by molar-refractivity contribution is 0.198. The van der Waals surface area contributed by atoms with Gasteiger partial charge in [-0.2, -0.15) is 5.10 Å². The van der Waals surface area contributed by atoms with Gasteiger partial charge in [-0.3, -0.25) is 14.6 Å². The van der Waals surface area contributed by atoms with Crippen LogP contribution in [0.4, 0.5) is 0 Å². The van der Waals surface area contributed by atoms with Gasteiger partial charge in [0.05, 0.1) is 5.69 Å². The first kappa shape index (κ1) is 21.4. The van der Waals surface area contributed by atoms with Crippen LogP contribution >= 0.6 is 0 Å². The number of nitrogens with one attached hydrogen (secondary N) is 2. The molecular weight excluding hydrogens is 360 g/mol. The molecule has 158 valence electrons. The molecule has 0 saturated carbocycles. The summed E-state index contributed by atoms with van der Waals surface area (Å²) in [6.45, 7) is 11.5. The summed E-state index contributed by atoms with van der Waals surface area (Å²) < 4.78 is 2.10. The third kappa shape index (κ3) is 6.60. The summed E-state index contributed by atoms with van der Waals surface area (Å²) in [6, 6.07) is 13.4. The van der Waals surface area contributed by atoms with Gasteiger partial charge in [-0.05, 0) is 44.2 Å². The zero-order valence-corrected chi connectivity index (χ0v) is 18.4. The van der Waals surface area contributed by atoms with Gasteiger partial charge in [0.25, 0.3) is 0 Å². The molecule has 6 nitrogen and oxygen atoms in total. The number of piperidine rings is 1. The topological polar surface area (TPSA) is 57.5 Å². The molecule has 1 aromatic heterocycles. The Bertz CT molecular complexity index is 774. The Morgan fingerprint density at radius 1 is 1.21 bits per heavy atom. The molecule has 1 aliphatic rings. The van der Waals surface area contributed by atoms with Crippen molar-refractivity contribution in [3.05, 3.63) is 53.3 Å². The third-order valence-corrected chi connectivity index (χ3v) is 5.61. The SMILES string of the molecule is CN=C(NCC(C)Cn1nc(C)cc1C)NC1CCN(Cc2ccccc2)CC1. The Labute approximate surface area is 175 Å². The monoisotopic (exact) mass is 396 g/mol. The number of benzene rings is 1. The van der Waals surface area contributed by atoms with Gasteiger partial charge in [-0.25, -0.2) is 0 Å². The molecule has 1 unspecified atom stereocenters. The number of likely N-dealkylation sites (tertiary alicyclic amines) is 1. The smallest absolute Gasteiger partial charge is 0.191 e. The van der Waals surface area contributed by atoms with E-state index in [0.717, 1.165) is 57.2 Å². The average molecular weight is 397 g/mol. The predicted octanol–water partition coefficient (Wildman–Crippen LogP) is 2.97. The molecule has 29 heavy (non-hydrogen) atoms. The van der Waals surface area contributed by atoms with E-state index in [4.69, 9.17) is 0 Å². The van der Waals surface area contributed by atoms with Crippen LogP contribution in [0, 0.1) is 19.8 Å². The lowest BCUT2D eigenvalue weighted by Crippen LogP contribution is -2.49. The lowest BCUT2D eigenvalue weighted by atomic mass is 10.0. The number of guanidine groups is 1. The van der Waals surface area contributed by atoms with Crippen molar-refractivity contribution in [1.82, 2.24) is 25.3 Å². The van der Waals surface area contributed by atoms with Crippen molar-refractivity contribution in [2.24, 2.45) is 10.9 Å². The molecule has 0 aliphatic carbocycles. The number of hydrogen-bond acceptors (Lipinski definition) is 3. The largest absolute Gasteiger partial charge is 0.356 e. The fraction of sp³-hybridized carbons (Fsp3) is 0.565. The first-order chi connectivity index (χ1) is 14.0. The molecule has 0 amide bonds. The number of aliphatic imine (C=N–C) groups is 1. The Morgan fingerprint density at radius 3 is 2.55 bits per heavy atom. The molecular formula is C23H36N6. The molecule has 2 heterocycles. The minimum Gasteiger partial charge on any atom is -0.356 e. The number of rotatable bonds is 7. The van der Waals surface area contributed by atoms with Crippen LogP contribution in [0.2, 0.25) is 0 Å². The van der Waals surface area contributed by atoms with E-state index in [1.807, 2.05) is 14.0 Å². The second-order valence-corrected chi connectivity index (χ2v) is 8.35. The number of nitrogens with zero attached hydrogens (tertiary/aromatic N) is 4. The maximum Gasteiger partial charge on any atom is 0.191 e. The molecule has 1 aliphatic heterocycles. The summed E-state index contributed by atoms with van der Waals surface area (Å²) in [4.78, 5) is 6.97. The first-order valence-corrected chi connectivity index (χ1v) is 10.8. The van der Waals surface area contributed by atoms with E-state index < -0.39 is 0 Å². The molecule has 1 fully saturated rings. The van der Waals surface area contributed by atoms with Crippen LogP contribution < -0.4 is 10.6 Å². The van der Waals surface area contributed by atoms with Crippen LogP contribution in [-0.4, -0.2) is 53.4 Å². The van der Waals surface area contributed by atoms with E-state index >= 15 is 0 Å². The summed E-state index contributed by atoms with van der Waals surface area (Å²) in [7, 11) is 1.85. The highest BCUT2D eigenvalue weighted by molar-refractivity contribution is 5.79. The molecule has 0 radical (unpaired) electrons. The fourth-order valence-electron chi connectivity index (χ4n) is 3.96. The minimum absolute atomic E-state index is 0.472. The highest BCUT2D eigenvalue weighted by Gasteiger charge is 2.20. The van der Waals surface area contributed by atoms with E-state index in [0.29, 0.717) is 12.0 Å². The van der Waals surface area contributed by atoms with Crippen LogP contribution in [0.15, 0.2) is 41.4 Å². The van der Waals surface area contributed by atoms with Crippen molar-refractivity contribution in [2.45, 2.75) is 52.7 Å². The highest BCUT2D eigenvalue weighted by atomic mass is 15.3. The molecule has 2 N–H and O–H groups in total. The van der Waals surface area contributed by atoms with Crippen molar-refractivity contribution in [3.8, 4) is 0 Å². The molecule has 1 atom stereocenters. The van der Waals surface area contributed by atoms with Crippen molar-refractivity contribution < 1.29 is 0 Å². The van der Waals surface area contributed by atoms with Crippen LogP contribution in [-0.2, 0) is 13.1 Å². The number of hydrogen-bond donors (Lipinski definition) is 2. The Balaban J connectivity index is 1.38. The third-order valence-electron chi connectivity index (χ3n) is 5.61. The summed E-state index contributed by atoms with van der Waals surface area (Å²) in [6.07, 6.45) is 2.30. The summed E-state index contributed by atoms with van der Waals surface area (Å²) in [5, 5.41) is 11.7. The average Bonchev–Trinajstić information content (AvgIpc) is 3.04. The van der Waals surface area contributed by atoms with Crippen molar-refractivity contribution in [1.29, 1.82) is 0 Å². The van der Waals surface area contributed by atoms with Crippen molar-refractivity contribution in [2.75, 3.05) is 26.7 Å². The molecule has 2 aromatic rings. The molecule has 1 aromatic carbocycles. The second kappa shape index (κ2) is 10.4. The molecule has 1 saturated heterocycles. The maximum atomic E-state index is 4.57. The maximum absolute atomic E-state index is 4.57. The van der Waals surface area contributed by atoms with Crippen LogP contribution in [0.3, 0.4) is 0 Å². The van der Waals surface area contributed by atoms with E-state index in [-0.39, 0.29) is 0 Å². The molecule has 0 spiro atoms. The lowest BCUT2D eigenvalue weighted by Gasteiger charge is -2.33.